The number of nitrogens with one attached hydrogen (secondary N) is 2. The number of carbonyl (C=O) groups is 1. The van der Waals surface area contributed by atoms with E-state index in [-0.39, 0.29) is 29.9 Å². The summed E-state index contributed by atoms with van der Waals surface area (Å²) < 4.78 is 0. The Balaban J connectivity index is 0.00000338. The Morgan fingerprint density at radius 1 is 1.15 bits per heavy atom. The molecule has 7 heteroatoms. The molecule has 0 bridgehead atoms. The number of piperazine rings is 1. The van der Waals surface area contributed by atoms with E-state index in [2.05, 4.69) is 46.5 Å². The van der Waals surface area contributed by atoms with Crippen LogP contribution in [0.3, 0.4) is 0 Å². The van der Waals surface area contributed by atoms with Gasteiger partial charge in [-0.2, -0.15) is 0 Å². The number of hydrogen-bond acceptors (Lipinski definition) is 3. The highest BCUT2D eigenvalue weighted by Gasteiger charge is 2.17. The summed E-state index contributed by atoms with van der Waals surface area (Å²) in [5.74, 6) is 1.02. The molecule has 0 aromatic heterocycles. The third-order valence-corrected chi connectivity index (χ3v) is 4.23. The Kier molecular flexibility index (Phi) is 10.6. The van der Waals surface area contributed by atoms with Crippen LogP contribution in [-0.4, -0.2) is 67.0 Å². The molecule has 1 aromatic carbocycles. The summed E-state index contributed by atoms with van der Waals surface area (Å²) in [6.45, 7) is 11.9. The number of amides is 1. The molecule has 0 atom stereocenters. The first-order valence-electron chi connectivity index (χ1n) is 9.11. The largest absolute Gasteiger partial charge is 0.355 e. The van der Waals surface area contributed by atoms with Gasteiger partial charge in [-0.05, 0) is 19.4 Å². The molecule has 2 N–H and O–H groups in total. The van der Waals surface area contributed by atoms with Gasteiger partial charge in [0.15, 0.2) is 5.96 Å². The molecule has 1 aliphatic heterocycles. The number of benzene rings is 1. The van der Waals surface area contributed by atoms with Crippen LogP contribution in [0.15, 0.2) is 35.3 Å². The van der Waals surface area contributed by atoms with Gasteiger partial charge in [-0.1, -0.05) is 30.3 Å². The molecule has 1 aliphatic rings. The number of guanidine groups is 1. The van der Waals surface area contributed by atoms with E-state index in [4.69, 9.17) is 0 Å². The highest BCUT2D eigenvalue weighted by atomic mass is 127. The Hall–Kier alpha value is -1.35. The molecule has 1 amide bonds. The molecule has 146 valence electrons. The summed E-state index contributed by atoms with van der Waals surface area (Å²) in [6, 6.07) is 10.6. The first-order valence-corrected chi connectivity index (χ1v) is 9.11. The topological polar surface area (TPSA) is 60.0 Å². The van der Waals surface area contributed by atoms with Crippen molar-refractivity contribution < 1.29 is 4.79 Å². The molecule has 0 spiro atoms. The minimum Gasteiger partial charge on any atom is -0.355 e. The molecular formula is C19H32IN5O. The SMILES string of the molecule is CC(=O)N1CCN(CCNC(=NCc2ccccc2)NC(C)C)CC1.I. The van der Waals surface area contributed by atoms with Gasteiger partial charge in [-0.15, -0.1) is 24.0 Å². The quantitative estimate of drug-likeness (QED) is 0.377. The summed E-state index contributed by atoms with van der Waals surface area (Å²) in [5, 5.41) is 6.80. The van der Waals surface area contributed by atoms with Crippen molar-refractivity contribution in [1.29, 1.82) is 0 Å². The van der Waals surface area contributed by atoms with Gasteiger partial charge in [-0.3, -0.25) is 9.69 Å². The smallest absolute Gasteiger partial charge is 0.219 e. The van der Waals surface area contributed by atoms with Crippen molar-refractivity contribution in [3.05, 3.63) is 35.9 Å². The van der Waals surface area contributed by atoms with Crippen molar-refractivity contribution in [2.45, 2.75) is 33.4 Å². The van der Waals surface area contributed by atoms with Gasteiger partial charge in [-0.25, -0.2) is 4.99 Å². The second-order valence-corrected chi connectivity index (χ2v) is 6.72. The molecule has 0 saturated carbocycles. The minimum atomic E-state index is 0. The average Bonchev–Trinajstić information content (AvgIpc) is 2.60. The normalized spacial score (nSPS) is 15.5. The molecule has 1 heterocycles. The zero-order valence-electron chi connectivity index (χ0n) is 16.1. The van der Waals surface area contributed by atoms with Gasteiger partial charge in [0, 0.05) is 52.2 Å². The average molecular weight is 473 g/mol. The van der Waals surface area contributed by atoms with Gasteiger partial charge < -0.3 is 15.5 Å². The molecule has 0 radical (unpaired) electrons. The van der Waals surface area contributed by atoms with E-state index in [9.17, 15) is 4.79 Å². The first kappa shape index (κ1) is 22.7. The minimum absolute atomic E-state index is 0. The number of nitrogens with zero attached hydrogens (tertiary/aromatic N) is 3. The number of halogens is 1. The van der Waals surface area contributed by atoms with Crippen molar-refractivity contribution in [3.63, 3.8) is 0 Å². The predicted octanol–water partition coefficient (Wildman–Crippen LogP) is 1.91. The van der Waals surface area contributed by atoms with E-state index >= 15 is 0 Å². The highest BCUT2D eigenvalue weighted by Crippen LogP contribution is 2.02. The van der Waals surface area contributed by atoms with E-state index in [1.807, 2.05) is 23.1 Å². The fourth-order valence-corrected chi connectivity index (χ4v) is 2.80. The Labute approximate surface area is 174 Å². The number of hydrogen-bond donors (Lipinski definition) is 2. The van der Waals surface area contributed by atoms with Crippen molar-refractivity contribution in [1.82, 2.24) is 20.4 Å². The lowest BCUT2D eigenvalue weighted by molar-refractivity contribution is -0.130. The van der Waals surface area contributed by atoms with Gasteiger partial charge in [0.05, 0.1) is 6.54 Å². The van der Waals surface area contributed by atoms with Crippen LogP contribution in [0.1, 0.15) is 26.3 Å². The summed E-state index contributed by atoms with van der Waals surface area (Å²) in [5.41, 5.74) is 1.20. The van der Waals surface area contributed by atoms with Crippen LogP contribution in [0.4, 0.5) is 0 Å². The molecule has 2 rings (SSSR count). The maximum Gasteiger partial charge on any atom is 0.219 e. The first-order chi connectivity index (χ1) is 12.0. The van der Waals surface area contributed by atoms with E-state index in [0.29, 0.717) is 12.6 Å². The molecule has 1 saturated heterocycles. The molecule has 1 fully saturated rings. The number of rotatable bonds is 6. The van der Waals surface area contributed by atoms with Gasteiger partial charge in [0.25, 0.3) is 0 Å². The third kappa shape index (κ3) is 8.35. The molecular weight excluding hydrogens is 441 g/mol. The van der Waals surface area contributed by atoms with Crippen LogP contribution >= 0.6 is 24.0 Å². The predicted molar refractivity (Wildman–Crippen MR) is 118 cm³/mol. The van der Waals surface area contributed by atoms with Crippen LogP contribution < -0.4 is 10.6 Å². The van der Waals surface area contributed by atoms with Crippen LogP contribution in [0.5, 0.6) is 0 Å². The lowest BCUT2D eigenvalue weighted by atomic mass is 10.2. The number of carbonyl (C=O) groups excluding carboxylic acids is 1. The van der Waals surface area contributed by atoms with E-state index in [1.165, 1.54) is 5.56 Å². The zero-order valence-corrected chi connectivity index (χ0v) is 18.4. The number of aliphatic imine (C=N–C) groups is 1. The van der Waals surface area contributed by atoms with Gasteiger partial charge in [0.2, 0.25) is 5.91 Å². The summed E-state index contributed by atoms with van der Waals surface area (Å²) in [4.78, 5) is 20.3. The van der Waals surface area contributed by atoms with Gasteiger partial charge in [0.1, 0.15) is 0 Å². The fraction of sp³-hybridized carbons (Fsp3) is 0.579. The maximum atomic E-state index is 11.4. The Morgan fingerprint density at radius 3 is 2.38 bits per heavy atom. The molecule has 0 unspecified atom stereocenters. The van der Waals surface area contributed by atoms with Crippen molar-refractivity contribution in [2.24, 2.45) is 4.99 Å². The third-order valence-electron chi connectivity index (χ3n) is 4.23. The van der Waals surface area contributed by atoms with Crippen molar-refractivity contribution >= 4 is 35.8 Å². The Morgan fingerprint density at radius 2 is 1.81 bits per heavy atom. The van der Waals surface area contributed by atoms with Gasteiger partial charge >= 0.3 is 0 Å². The second-order valence-electron chi connectivity index (χ2n) is 6.72. The standard InChI is InChI=1S/C19H31N5O.HI/c1-16(2)22-19(21-15-18-7-5-4-6-8-18)20-9-10-23-11-13-24(14-12-23)17(3)25;/h4-8,16H,9-15H2,1-3H3,(H2,20,21,22);1H. The van der Waals surface area contributed by atoms with Crippen molar-refractivity contribution in [2.75, 3.05) is 39.3 Å². The summed E-state index contributed by atoms with van der Waals surface area (Å²) >= 11 is 0. The van der Waals surface area contributed by atoms with Crippen LogP contribution in [0.2, 0.25) is 0 Å². The fourth-order valence-electron chi connectivity index (χ4n) is 2.80. The Bertz CT molecular complexity index is 556. The molecule has 0 aliphatic carbocycles. The zero-order chi connectivity index (χ0) is 18.1. The molecule has 1 aromatic rings. The van der Waals surface area contributed by atoms with E-state index < -0.39 is 0 Å². The van der Waals surface area contributed by atoms with Crippen LogP contribution in [0, 0.1) is 0 Å². The lowest BCUT2D eigenvalue weighted by Gasteiger charge is -2.34. The summed E-state index contributed by atoms with van der Waals surface area (Å²) in [6.07, 6.45) is 0. The van der Waals surface area contributed by atoms with Crippen molar-refractivity contribution in [3.8, 4) is 0 Å². The highest BCUT2D eigenvalue weighted by molar-refractivity contribution is 14.0. The molecule has 6 nitrogen and oxygen atoms in total. The molecule has 26 heavy (non-hydrogen) atoms. The second kappa shape index (κ2) is 12.1. The summed E-state index contributed by atoms with van der Waals surface area (Å²) in [7, 11) is 0. The monoisotopic (exact) mass is 473 g/mol. The van der Waals surface area contributed by atoms with E-state index in [1.54, 1.807) is 6.92 Å². The van der Waals surface area contributed by atoms with Crippen LogP contribution in [0.25, 0.3) is 0 Å². The van der Waals surface area contributed by atoms with E-state index in [0.717, 1.165) is 45.2 Å². The van der Waals surface area contributed by atoms with Crippen LogP contribution in [-0.2, 0) is 11.3 Å². The lowest BCUT2D eigenvalue weighted by Crippen LogP contribution is -2.50. The maximum absolute atomic E-state index is 11.4.